The van der Waals surface area contributed by atoms with E-state index in [1.165, 1.54) is 14.2 Å². The van der Waals surface area contributed by atoms with Crippen molar-refractivity contribution in [3.05, 3.63) is 50.4 Å². The fraction of sp³-hybridized carbons (Fsp3) is 0.357. The molecule has 0 aromatic carbocycles. The second kappa shape index (κ2) is 6.45. The molecule has 0 radical (unpaired) electrons. The third kappa shape index (κ3) is 3.40. The highest BCUT2D eigenvalue weighted by Crippen LogP contribution is 2.27. The van der Waals surface area contributed by atoms with E-state index in [9.17, 15) is 0 Å². The van der Waals surface area contributed by atoms with Crippen LogP contribution in [0.2, 0.25) is 0 Å². The molecule has 0 aliphatic carbocycles. The van der Waals surface area contributed by atoms with Crippen LogP contribution in [0.3, 0.4) is 0 Å². The molecule has 1 atom stereocenters. The summed E-state index contributed by atoms with van der Waals surface area (Å²) >= 11 is 5.27. The van der Waals surface area contributed by atoms with E-state index < -0.39 is 0 Å². The van der Waals surface area contributed by atoms with Gasteiger partial charge in [-0.3, -0.25) is 4.98 Å². The van der Waals surface area contributed by atoms with E-state index in [1.807, 2.05) is 12.3 Å². The maximum absolute atomic E-state index is 4.45. The Morgan fingerprint density at radius 3 is 2.89 bits per heavy atom. The largest absolute Gasteiger partial charge is 0.304 e. The Kier molecular flexibility index (Phi) is 4.92. The first-order valence-electron chi connectivity index (χ1n) is 6.12. The van der Waals surface area contributed by atoms with Gasteiger partial charge in [-0.15, -0.1) is 11.3 Å². The predicted octanol–water partition coefficient (Wildman–Crippen LogP) is 4.32. The van der Waals surface area contributed by atoms with E-state index in [1.54, 1.807) is 11.3 Å². The number of rotatable bonds is 5. The molecule has 1 N–H and O–H groups in total. The van der Waals surface area contributed by atoms with Crippen molar-refractivity contribution >= 4 is 27.3 Å². The van der Waals surface area contributed by atoms with Crippen LogP contribution in [-0.2, 0) is 13.0 Å². The van der Waals surface area contributed by atoms with Crippen LogP contribution in [0.25, 0.3) is 0 Å². The minimum Gasteiger partial charge on any atom is -0.304 e. The molecule has 0 spiro atoms. The van der Waals surface area contributed by atoms with Crippen molar-refractivity contribution in [3.63, 3.8) is 0 Å². The number of pyridine rings is 1. The van der Waals surface area contributed by atoms with Gasteiger partial charge < -0.3 is 5.32 Å². The lowest BCUT2D eigenvalue weighted by atomic mass is 10.1. The highest BCUT2D eigenvalue weighted by molar-refractivity contribution is 9.11. The number of nitrogens with one attached hydrogen (secondary N) is 1. The van der Waals surface area contributed by atoms with Gasteiger partial charge in [-0.05, 0) is 53.0 Å². The smallest absolute Gasteiger partial charge is 0.0701 e. The van der Waals surface area contributed by atoms with Crippen LogP contribution in [0.4, 0.5) is 0 Å². The Labute approximate surface area is 121 Å². The van der Waals surface area contributed by atoms with Crippen molar-refractivity contribution in [1.29, 1.82) is 0 Å². The number of halogens is 1. The van der Waals surface area contributed by atoms with Crippen LogP contribution in [0, 0.1) is 0 Å². The lowest BCUT2D eigenvalue weighted by molar-refractivity contribution is 0.573. The van der Waals surface area contributed by atoms with Crippen molar-refractivity contribution in [2.75, 3.05) is 0 Å². The molecule has 96 valence electrons. The molecule has 0 aliphatic rings. The van der Waals surface area contributed by atoms with Gasteiger partial charge in [0.25, 0.3) is 0 Å². The summed E-state index contributed by atoms with van der Waals surface area (Å²) in [6, 6.07) is 8.76. The summed E-state index contributed by atoms with van der Waals surface area (Å²) < 4.78 is 1.18. The second-order valence-corrected chi connectivity index (χ2v) is 6.70. The SMILES string of the molecule is CCc1cccnc1CNC(C)c1ccc(Br)s1. The van der Waals surface area contributed by atoms with E-state index in [0.717, 1.165) is 18.7 Å². The van der Waals surface area contributed by atoms with Crippen LogP contribution in [0.15, 0.2) is 34.2 Å². The van der Waals surface area contributed by atoms with Gasteiger partial charge >= 0.3 is 0 Å². The number of thiophene rings is 1. The zero-order chi connectivity index (χ0) is 13.0. The summed E-state index contributed by atoms with van der Waals surface area (Å²) in [6.07, 6.45) is 2.90. The van der Waals surface area contributed by atoms with Crippen molar-refractivity contribution in [1.82, 2.24) is 10.3 Å². The van der Waals surface area contributed by atoms with Gasteiger partial charge in [-0.2, -0.15) is 0 Å². The Hall–Kier alpha value is -0.710. The molecule has 4 heteroatoms. The van der Waals surface area contributed by atoms with Gasteiger partial charge in [-0.1, -0.05) is 13.0 Å². The fourth-order valence-corrected chi connectivity index (χ4v) is 3.31. The Morgan fingerprint density at radius 2 is 2.22 bits per heavy atom. The first kappa shape index (κ1) is 13.7. The van der Waals surface area contributed by atoms with Crippen molar-refractivity contribution in [2.45, 2.75) is 32.9 Å². The Morgan fingerprint density at radius 1 is 1.39 bits per heavy atom. The van der Waals surface area contributed by atoms with Crippen molar-refractivity contribution < 1.29 is 0 Å². The van der Waals surface area contributed by atoms with Crippen molar-refractivity contribution in [3.8, 4) is 0 Å². The van der Waals surface area contributed by atoms with E-state index in [-0.39, 0.29) is 0 Å². The summed E-state index contributed by atoms with van der Waals surface area (Å²) in [6.45, 7) is 5.17. The highest BCUT2D eigenvalue weighted by atomic mass is 79.9. The van der Waals surface area contributed by atoms with Crippen LogP contribution in [0.1, 0.15) is 36.0 Å². The molecule has 2 rings (SSSR count). The van der Waals surface area contributed by atoms with Crippen LogP contribution < -0.4 is 5.32 Å². The monoisotopic (exact) mass is 324 g/mol. The third-order valence-corrected chi connectivity index (χ3v) is 4.77. The maximum atomic E-state index is 4.45. The van der Waals surface area contributed by atoms with Gasteiger partial charge in [0.2, 0.25) is 0 Å². The van der Waals surface area contributed by atoms with Gasteiger partial charge in [0.1, 0.15) is 0 Å². The molecular weight excluding hydrogens is 308 g/mol. The molecule has 18 heavy (non-hydrogen) atoms. The first-order chi connectivity index (χ1) is 8.70. The Balaban J connectivity index is 1.99. The number of hydrogen-bond donors (Lipinski definition) is 1. The first-order valence-corrected chi connectivity index (χ1v) is 7.73. The van der Waals surface area contributed by atoms with Crippen molar-refractivity contribution in [2.24, 2.45) is 0 Å². The van der Waals surface area contributed by atoms with Gasteiger partial charge in [0, 0.05) is 23.7 Å². The second-order valence-electron chi connectivity index (χ2n) is 4.21. The average molecular weight is 325 g/mol. The zero-order valence-corrected chi connectivity index (χ0v) is 13.0. The quantitative estimate of drug-likeness (QED) is 0.886. The molecule has 2 nitrogen and oxygen atoms in total. The Bertz CT molecular complexity index is 510. The lowest BCUT2D eigenvalue weighted by Crippen LogP contribution is -2.18. The molecule has 0 saturated heterocycles. The minimum absolute atomic E-state index is 0.355. The number of nitrogens with zero attached hydrogens (tertiary/aromatic N) is 1. The topological polar surface area (TPSA) is 24.9 Å². The molecule has 2 aromatic heterocycles. The predicted molar refractivity (Wildman–Crippen MR) is 80.9 cm³/mol. The molecule has 0 aliphatic heterocycles. The molecular formula is C14H17BrN2S. The molecule has 0 fully saturated rings. The summed E-state index contributed by atoms with van der Waals surface area (Å²) in [4.78, 5) is 5.80. The third-order valence-electron chi connectivity index (χ3n) is 2.96. The fourth-order valence-electron chi connectivity index (χ4n) is 1.86. The number of aryl methyl sites for hydroxylation is 1. The van der Waals surface area contributed by atoms with Crippen LogP contribution in [-0.4, -0.2) is 4.98 Å². The number of aromatic nitrogens is 1. The lowest BCUT2D eigenvalue weighted by Gasteiger charge is -2.13. The molecule has 2 aromatic rings. The van der Waals surface area contributed by atoms with E-state index in [2.05, 4.69) is 58.3 Å². The standard InChI is InChI=1S/C14H17BrN2S/c1-3-11-5-4-8-16-12(11)9-17-10(2)13-6-7-14(15)18-13/h4-8,10,17H,3,9H2,1-2H3. The maximum Gasteiger partial charge on any atom is 0.0701 e. The summed E-state index contributed by atoms with van der Waals surface area (Å²) in [5.74, 6) is 0. The molecule has 0 saturated carbocycles. The molecule has 1 unspecified atom stereocenters. The molecule has 2 heterocycles. The summed E-state index contributed by atoms with van der Waals surface area (Å²) in [7, 11) is 0. The summed E-state index contributed by atoms with van der Waals surface area (Å²) in [5.41, 5.74) is 2.48. The molecule has 0 amide bonds. The highest BCUT2D eigenvalue weighted by Gasteiger charge is 2.09. The summed E-state index contributed by atoms with van der Waals surface area (Å²) in [5, 5.41) is 3.53. The number of hydrogen-bond acceptors (Lipinski definition) is 3. The minimum atomic E-state index is 0.355. The van der Waals surface area contributed by atoms with Crippen LogP contribution >= 0.6 is 27.3 Å². The van der Waals surface area contributed by atoms with Crippen LogP contribution in [0.5, 0.6) is 0 Å². The normalized spacial score (nSPS) is 12.6. The zero-order valence-electron chi connectivity index (χ0n) is 10.6. The van der Waals surface area contributed by atoms with E-state index in [4.69, 9.17) is 0 Å². The van der Waals surface area contributed by atoms with E-state index in [0.29, 0.717) is 6.04 Å². The van der Waals surface area contributed by atoms with Gasteiger partial charge in [-0.25, -0.2) is 0 Å². The van der Waals surface area contributed by atoms with Gasteiger partial charge in [0.05, 0.1) is 9.48 Å². The average Bonchev–Trinajstić information content (AvgIpc) is 2.83. The van der Waals surface area contributed by atoms with E-state index >= 15 is 0 Å². The van der Waals surface area contributed by atoms with Gasteiger partial charge in [0.15, 0.2) is 0 Å². The molecule has 0 bridgehead atoms.